The molecule has 0 spiro atoms. The molecule has 1 atom stereocenters. The van der Waals surface area contributed by atoms with Crippen molar-refractivity contribution in [2.75, 3.05) is 11.9 Å². The number of carboxylic acid groups (broad SMARTS) is 1. The van der Waals surface area contributed by atoms with Gasteiger partial charge in [0.2, 0.25) is 0 Å². The molecule has 0 saturated carbocycles. The normalized spacial score (nSPS) is 11.9. The lowest BCUT2D eigenvalue weighted by atomic mass is 10.1. The van der Waals surface area contributed by atoms with Gasteiger partial charge < -0.3 is 15.5 Å². The van der Waals surface area contributed by atoms with Crippen LogP contribution in [0.25, 0.3) is 0 Å². The highest BCUT2D eigenvalue weighted by atomic mass is 35.5. The summed E-state index contributed by atoms with van der Waals surface area (Å²) >= 11 is 5.78. The third kappa shape index (κ3) is 3.50. The van der Waals surface area contributed by atoms with Crippen LogP contribution >= 0.6 is 11.6 Å². The summed E-state index contributed by atoms with van der Waals surface area (Å²) in [5.41, 5.74) is 1.37. The number of aliphatic hydroxyl groups excluding tert-OH is 1. The van der Waals surface area contributed by atoms with E-state index >= 15 is 0 Å². The maximum atomic E-state index is 11.1. The van der Waals surface area contributed by atoms with Gasteiger partial charge in [0.1, 0.15) is 0 Å². The maximum absolute atomic E-state index is 11.1. The van der Waals surface area contributed by atoms with Crippen molar-refractivity contribution < 1.29 is 15.0 Å². The molecule has 0 aromatic heterocycles. The van der Waals surface area contributed by atoms with Gasteiger partial charge in [0.25, 0.3) is 0 Å². The molecule has 0 aliphatic carbocycles. The summed E-state index contributed by atoms with van der Waals surface area (Å²) in [6.45, 7) is 0.214. The fourth-order valence-corrected chi connectivity index (χ4v) is 1.96. The highest BCUT2D eigenvalue weighted by molar-refractivity contribution is 6.30. The summed E-state index contributed by atoms with van der Waals surface area (Å²) in [6, 6.07) is 13.4. The Bertz CT molecular complexity index is 598. The Hall–Kier alpha value is -2.04. The minimum absolute atomic E-state index is 0.177. The van der Waals surface area contributed by atoms with Gasteiger partial charge in [0.15, 0.2) is 0 Å². The standard InChI is InChI=1S/C15H14ClNO3/c16-11-7-5-10(6-8-11)14(18)9-17-13-4-2-1-3-12(13)15(19)20/h1-8,14,17-18H,9H2,(H,19,20). The number of carbonyl (C=O) groups is 1. The van der Waals surface area contributed by atoms with Gasteiger partial charge >= 0.3 is 5.97 Å². The van der Waals surface area contributed by atoms with E-state index in [0.717, 1.165) is 5.56 Å². The Morgan fingerprint density at radius 1 is 1.15 bits per heavy atom. The highest BCUT2D eigenvalue weighted by Crippen LogP contribution is 2.19. The number of benzene rings is 2. The molecule has 0 bridgehead atoms. The molecule has 0 amide bonds. The molecular weight excluding hydrogens is 278 g/mol. The molecule has 3 N–H and O–H groups in total. The van der Waals surface area contributed by atoms with Gasteiger partial charge in [-0.25, -0.2) is 4.79 Å². The zero-order valence-corrected chi connectivity index (χ0v) is 11.3. The van der Waals surface area contributed by atoms with E-state index in [9.17, 15) is 9.90 Å². The molecule has 1 unspecified atom stereocenters. The van der Waals surface area contributed by atoms with Crippen LogP contribution in [0, 0.1) is 0 Å². The van der Waals surface area contributed by atoms with Gasteiger partial charge in [0, 0.05) is 17.3 Å². The van der Waals surface area contributed by atoms with Crippen LogP contribution in [-0.4, -0.2) is 22.7 Å². The Balaban J connectivity index is 2.05. The van der Waals surface area contributed by atoms with Gasteiger partial charge in [-0.05, 0) is 29.8 Å². The smallest absolute Gasteiger partial charge is 0.337 e. The minimum atomic E-state index is -1.01. The molecule has 4 nitrogen and oxygen atoms in total. The van der Waals surface area contributed by atoms with Crippen molar-refractivity contribution in [2.45, 2.75) is 6.10 Å². The fraction of sp³-hybridized carbons (Fsp3) is 0.133. The molecular formula is C15H14ClNO3. The van der Waals surface area contributed by atoms with Crippen LogP contribution in [0.3, 0.4) is 0 Å². The first-order chi connectivity index (χ1) is 9.58. The molecule has 0 heterocycles. The molecule has 104 valence electrons. The Labute approximate surface area is 121 Å². The first kappa shape index (κ1) is 14.4. The molecule has 0 fully saturated rings. The predicted molar refractivity (Wildman–Crippen MR) is 78.3 cm³/mol. The molecule has 0 radical (unpaired) electrons. The summed E-state index contributed by atoms with van der Waals surface area (Å²) in [6.07, 6.45) is -0.742. The molecule has 2 aromatic rings. The van der Waals surface area contributed by atoms with Gasteiger partial charge in [-0.2, -0.15) is 0 Å². The van der Waals surface area contributed by atoms with Crippen molar-refractivity contribution in [1.82, 2.24) is 0 Å². The summed E-state index contributed by atoms with van der Waals surface area (Å²) in [7, 11) is 0. The zero-order valence-electron chi connectivity index (χ0n) is 10.6. The van der Waals surface area contributed by atoms with Crippen LogP contribution in [0.15, 0.2) is 48.5 Å². The summed E-state index contributed by atoms with van der Waals surface area (Å²) in [5, 5.41) is 22.7. The number of hydrogen-bond acceptors (Lipinski definition) is 3. The second kappa shape index (κ2) is 6.41. The monoisotopic (exact) mass is 291 g/mol. The second-order valence-corrected chi connectivity index (χ2v) is 4.74. The number of para-hydroxylation sites is 1. The van der Waals surface area contributed by atoms with E-state index in [1.54, 1.807) is 42.5 Å². The van der Waals surface area contributed by atoms with Crippen LogP contribution < -0.4 is 5.32 Å². The highest BCUT2D eigenvalue weighted by Gasteiger charge is 2.11. The van der Waals surface area contributed by atoms with E-state index in [1.807, 2.05) is 0 Å². The fourth-order valence-electron chi connectivity index (χ4n) is 1.83. The molecule has 5 heteroatoms. The van der Waals surface area contributed by atoms with Gasteiger partial charge in [-0.15, -0.1) is 0 Å². The third-order valence-corrected chi connectivity index (χ3v) is 3.15. The number of hydrogen-bond donors (Lipinski definition) is 3. The summed E-state index contributed by atoms with van der Waals surface area (Å²) < 4.78 is 0. The van der Waals surface area contributed by atoms with Gasteiger partial charge in [0.05, 0.1) is 11.7 Å². The Kier molecular flexibility index (Phi) is 4.61. The quantitative estimate of drug-likeness (QED) is 0.791. The van der Waals surface area contributed by atoms with Crippen LogP contribution in [0.5, 0.6) is 0 Å². The number of anilines is 1. The van der Waals surface area contributed by atoms with E-state index < -0.39 is 12.1 Å². The second-order valence-electron chi connectivity index (χ2n) is 4.30. The number of aromatic carboxylic acids is 1. The summed E-state index contributed by atoms with van der Waals surface area (Å²) in [4.78, 5) is 11.1. The lowest BCUT2D eigenvalue weighted by Gasteiger charge is -2.14. The van der Waals surface area contributed by atoms with Crippen molar-refractivity contribution >= 4 is 23.3 Å². The predicted octanol–water partition coefficient (Wildman–Crippen LogP) is 3.18. The number of rotatable bonds is 5. The zero-order chi connectivity index (χ0) is 14.5. The van der Waals surface area contributed by atoms with E-state index in [4.69, 9.17) is 16.7 Å². The topological polar surface area (TPSA) is 69.6 Å². The number of aliphatic hydroxyl groups is 1. The van der Waals surface area contributed by atoms with E-state index in [1.165, 1.54) is 6.07 Å². The van der Waals surface area contributed by atoms with Gasteiger partial charge in [-0.1, -0.05) is 35.9 Å². The van der Waals surface area contributed by atoms with Crippen LogP contribution in [0.4, 0.5) is 5.69 Å². The number of halogens is 1. The third-order valence-electron chi connectivity index (χ3n) is 2.90. The first-order valence-corrected chi connectivity index (χ1v) is 6.45. The maximum Gasteiger partial charge on any atom is 0.337 e. The average Bonchev–Trinajstić information content (AvgIpc) is 2.45. The van der Waals surface area contributed by atoms with E-state index in [2.05, 4.69) is 5.32 Å². The van der Waals surface area contributed by atoms with Crippen molar-refractivity contribution in [2.24, 2.45) is 0 Å². The lowest BCUT2D eigenvalue weighted by molar-refractivity contribution is 0.0697. The van der Waals surface area contributed by atoms with Crippen molar-refractivity contribution in [3.63, 3.8) is 0 Å². The minimum Gasteiger partial charge on any atom is -0.478 e. The van der Waals surface area contributed by atoms with Crippen molar-refractivity contribution in [1.29, 1.82) is 0 Å². The van der Waals surface area contributed by atoms with Crippen molar-refractivity contribution in [3.8, 4) is 0 Å². The van der Waals surface area contributed by atoms with E-state index in [0.29, 0.717) is 10.7 Å². The van der Waals surface area contributed by atoms with Gasteiger partial charge in [-0.3, -0.25) is 0 Å². The van der Waals surface area contributed by atoms with Crippen LogP contribution in [0.1, 0.15) is 22.0 Å². The van der Waals surface area contributed by atoms with Crippen molar-refractivity contribution in [3.05, 3.63) is 64.7 Å². The first-order valence-electron chi connectivity index (χ1n) is 6.07. The van der Waals surface area contributed by atoms with Crippen LogP contribution in [0.2, 0.25) is 5.02 Å². The van der Waals surface area contributed by atoms with Crippen LogP contribution in [-0.2, 0) is 0 Å². The number of nitrogens with one attached hydrogen (secondary N) is 1. The molecule has 0 aliphatic rings. The molecule has 2 rings (SSSR count). The summed E-state index contributed by atoms with van der Waals surface area (Å²) in [5.74, 6) is -1.01. The SMILES string of the molecule is O=C(O)c1ccccc1NCC(O)c1ccc(Cl)cc1. The molecule has 0 aliphatic heterocycles. The Morgan fingerprint density at radius 3 is 2.45 bits per heavy atom. The average molecular weight is 292 g/mol. The Morgan fingerprint density at radius 2 is 1.80 bits per heavy atom. The lowest BCUT2D eigenvalue weighted by Crippen LogP contribution is -2.14. The molecule has 20 heavy (non-hydrogen) atoms. The molecule has 2 aromatic carbocycles. The molecule has 0 saturated heterocycles. The van der Waals surface area contributed by atoms with E-state index in [-0.39, 0.29) is 12.1 Å². The number of carboxylic acids is 1. The largest absolute Gasteiger partial charge is 0.478 e.